The minimum atomic E-state index is 0.395. The van der Waals surface area contributed by atoms with E-state index in [0.29, 0.717) is 22.9 Å². The number of piperidine rings is 1. The van der Waals surface area contributed by atoms with Crippen LogP contribution < -0.4 is 15.6 Å². The van der Waals surface area contributed by atoms with E-state index >= 15 is 0 Å². The molecule has 0 amide bonds. The van der Waals surface area contributed by atoms with E-state index in [1.807, 2.05) is 36.4 Å². The van der Waals surface area contributed by atoms with Crippen molar-refractivity contribution >= 4 is 41.3 Å². The van der Waals surface area contributed by atoms with Crippen LogP contribution in [0.4, 0.5) is 23.5 Å². The summed E-state index contributed by atoms with van der Waals surface area (Å²) in [5, 5.41) is 8.35. The molecule has 1 aliphatic heterocycles. The molecule has 1 aromatic heterocycles. The van der Waals surface area contributed by atoms with Gasteiger partial charge in [0.05, 0.1) is 6.21 Å². The zero-order valence-corrected chi connectivity index (χ0v) is 19.4. The van der Waals surface area contributed by atoms with Crippen molar-refractivity contribution in [3.05, 3.63) is 64.2 Å². The van der Waals surface area contributed by atoms with Crippen molar-refractivity contribution in [1.82, 2.24) is 15.0 Å². The van der Waals surface area contributed by atoms with Gasteiger partial charge in [0.15, 0.2) is 0 Å². The molecule has 0 spiro atoms. The van der Waals surface area contributed by atoms with Crippen LogP contribution >= 0.6 is 11.6 Å². The van der Waals surface area contributed by atoms with Gasteiger partial charge in [-0.2, -0.15) is 20.1 Å². The Bertz CT molecular complexity index is 1090. The Labute approximate surface area is 194 Å². The number of aromatic nitrogens is 3. The van der Waals surface area contributed by atoms with Crippen LogP contribution in [0.15, 0.2) is 47.6 Å². The lowest BCUT2D eigenvalue weighted by molar-refractivity contribution is 0.434. The highest BCUT2D eigenvalue weighted by molar-refractivity contribution is 6.30. The predicted octanol–water partition coefficient (Wildman–Crippen LogP) is 5.57. The predicted molar refractivity (Wildman–Crippen MR) is 132 cm³/mol. The highest BCUT2D eigenvalue weighted by atomic mass is 35.5. The van der Waals surface area contributed by atoms with E-state index in [-0.39, 0.29) is 0 Å². The Balaban J connectivity index is 1.59. The number of benzene rings is 2. The minimum Gasteiger partial charge on any atom is -0.341 e. The van der Waals surface area contributed by atoms with Gasteiger partial charge in [0.1, 0.15) is 0 Å². The Kier molecular flexibility index (Phi) is 6.85. The van der Waals surface area contributed by atoms with Gasteiger partial charge in [0, 0.05) is 23.8 Å². The molecule has 3 aromatic rings. The van der Waals surface area contributed by atoms with Gasteiger partial charge in [-0.05, 0) is 67.5 Å². The summed E-state index contributed by atoms with van der Waals surface area (Å²) in [6.07, 6.45) is 3.96. The zero-order valence-electron chi connectivity index (χ0n) is 18.6. The van der Waals surface area contributed by atoms with Crippen LogP contribution in [0.5, 0.6) is 0 Å². The maximum Gasteiger partial charge on any atom is 0.250 e. The van der Waals surface area contributed by atoms with Gasteiger partial charge in [0.2, 0.25) is 17.8 Å². The van der Waals surface area contributed by atoms with E-state index in [1.165, 1.54) is 5.56 Å². The first-order valence-electron chi connectivity index (χ1n) is 10.9. The molecule has 7 nitrogen and oxygen atoms in total. The van der Waals surface area contributed by atoms with Crippen molar-refractivity contribution in [1.29, 1.82) is 0 Å². The molecule has 1 saturated heterocycles. The first-order valence-corrected chi connectivity index (χ1v) is 11.2. The SMILES string of the molecule is Cc1cccc(Nc2nc(NN=Cc3ccc(Cl)cc3)nc(N3CCC(C)CC3)n2)c1C. The van der Waals surface area contributed by atoms with Crippen molar-refractivity contribution in [2.24, 2.45) is 11.0 Å². The maximum absolute atomic E-state index is 5.95. The number of halogens is 1. The Morgan fingerprint density at radius 3 is 2.47 bits per heavy atom. The highest BCUT2D eigenvalue weighted by Crippen LogP contribution is 2.25. The van der Waals surface area contributed by atoms with Crippen LogP contribution in [0.2, 0.25) is 5.02 Å². The summed E-state index contributed by atoms with van der Waals surface area (Å²) in [6.45, 7) is 8.33. The van der Waals surface area contributed by atoms with E-state index in [2.05, 4.69) is 57.5 Å². The normalized spacial score (nSPS) is 14.7. The molecule has 2 heterocycles. The van der Waals surface area contributed by atoms with Crippen LogP contribution in [-0.4, -0.2) is 34.3 Å². The van der Waals surface area contributed by atoms with Crippen LogP contribution in [0.25, 0.3) is 0 Å². The monoisotopic (exact) mass is 449 g/mol. The summed E-state index contributed by atoms with van der Waals surface area (Å²) < 4.78 is 0. The lowest BCUT2D eigenvalue weighted by Crippen LogP contribution is -2.34. The summed E-state index contributed by atoms with van der Waals surface area (Å²) in [4.78, 5) is 16.1. The molecule has 8 heteroatoms. The minimum absolute atomic E-state index is 0.395. The lowest BCUT2D eigenvalue weighted by Gasteiger charge is -2.30. The van der Waals surface area contributed by atoms with Crippen molar-refractivity contribution in [2.75, 3.05) is 28.7 Å². The van der Waals surface area contributed by atoms with Gasteiger partial charge >= 0.3 is 0 Å². The number of rotatable bonds is 6. The van der Waals surface area contributed by atoms with E-state index in [4.69, 9.17) is 16.6 Å². The quantitative estimate of drug-likeness (QED) is 0.378. The average molecular weight is 450 g/mol. The van der Waals surface area contributed by atoms with E-state index in [1.54, 1.807) is 6.21 Å². The fourth-order valence-electron chi connectivity index (χ4n) is 3.54. The third-order valence-corrected chi connectivity index (χ3v) is 6.04. The molecule has 2 aromatic carbocycles. The van der Waals surface area contributed by atoms with Gasteiger partial charge in [-0.15, -0.1) is 0 Å². The number of hydrazone groups is 1. The molecule has 0 atom stereocenters. The number of aryl methyl sites for hydroxylation is 1. The standard InChI is InChI=1S/C24H28ClN7/c1-16-11-13-32(14-12-16)24-29-22(27-21-6-4-5-17(2)18(21)3)28-23(30-24)31-26-15-19-7-9-20(25)10-8-19/h4-10,15-16H,11-14H2,1-3H3,(H2,27,28,29,30,31). The van der Waals surface area contributed by atoms with E-state index in [0.717, 1.165) is 48.7 Å². The first-order chi connectivity index (χ1) is 15.5. The summed E-state index contributed by atoms with van der Waals surface area (Å²) in [5.41, 5.74) is 7.23. The molecule has 0 radical (unpaired) electrons. The van der Waals surface area contributed by atoms with Crippen molar-refractivity contribution < 1.29 is 0 Å². The molecule has 0 bridgehead atoms. The Morgan fingerprint density at radius 1 is 1.00 bits per heavy atom. The molecule has 0 unspecified atom stereocenters. The number of nitrogens with zero attached hydrogens (tertiary/aromatic N) is 5. The highest BCUT2D eigenvalue weighted by Gasteiger charge is 2.20. The third-order valence-electron chi connectivity index (χ3n) is 5.79. The van der Waals surface area contributed by atoms with Crippen LogP contribution in [0.1, 0.15) is 36.5 Å². The number of hydrogen-bond acceptors (Lipinski definition) is 7. The molecule has 0 saturated carbocycles. The molecule has 1 fully saturated rings. The summed E-state index contributed by atoms with van der Waals surface area (Å²) in [7, 11) is 0. The second-order valence-corrected chi connectivity index (χ2v) is 8.68. The summed E-state index contributed by atoms with van der Waals surface area (Å²) >= 11 is 5.95. The van der Waals surface area contributed by atoms with E-state index in [9.17, 15) is 0 Å². The first kappa shape index (κ1) is 22.0. The molecular weight excluding hydrogens is 422 g/mol. The molecule has 32 heavy (non-hydrogen) atoms. The topological polar surface area (TPSA) is 78.3 Å². The summed E-state index contributed by atoms with van der Waals surface area (Å²) in [5.74, 6) is 2.27. The molecule has 1 aliphatic rings. The van der Waals surface area contributed by atoms with Crippen LogP contribution in [-0.2, 0) is 0 Å². The average Bonchev–Trinajstić information content (AvgIpc) is 2.79. The van der Waals surface area contributed by atoms with Gasteiger partial charge in [-0.1, -0.05) is 42.8 Å². The molecule has 4 rings (SSSR count). The van der Waals surface area contributed by atoms with E-state index < -0.39 is 0 Å². The number of anilines is 4. The molecule has 0 aliphatic carbocycles. The fourth-order valence-corrected chi connectivity index (χ4v) is 3.67. The smallest absolute Gasteiger partial charge is 0.250 e. The number of hydrogen-bond donors (Lipinski definition) is 2. The number of nitrogens with one attached hydrogen (secondary N) is 2. The molecule has 166 valence electrons. The Hall–Kier alpha value is -3.19. The second-order valence-electron chi connectivity index (χ2n) is 8.25. The van der Waals surface area contributed by atoms with Gasteiger partial charge in [-0.25, -0.2) is 5.43 Å². The summed E-state index contributed by atoms with van der Waals surface area (Å²) in [6, 6.07) is 13.6. The van der Waals surface area contributed by atoms with Crippen LogP contribution in [0, 0.1) is 19.8 Å². The van der Waals surface area contributed by atoms with Crippen molar-refractivity contribution in [3.63, 3.8) is 0 Å². The van der Waals surface area contributed by atoms with Crippen LogP contribution in [0.3, 0.4) is 0 Å². The van der Waals surface area contributed by atoms with Gasteiger partial charge < -0.3 is 10.2 Å². The van der Waals surface area contributed by atoms with Gasteiger partial charge in [0.25, 0.3) is 0 Å². The van der Waals surface area contributed by atoms with Crippen molar-refractivity contribution in [2.45, 2.75) is 33.6 Å². The zero-order chi connectivity index (χ0) is 22.5. The molecule has 2 N–H and O–H groups in total. The molecular formula is C24H28ClN7. The maximum atomic E-state index is 5.95. The van der Waals surface area contributed by atoms with Crippen molar-refractivity contribution in [3.8, 4) is 0 Å². The van der Waals surface area contributed by atoms with Gasteiger partial charge in [-0.3, -0.25) is 0 Å². The lowest BCUT2D eigenvalue weighted by atomic mass is 10.00. The third kappa shape index (κ3) is 5.53. The fraction of sp³-hybridized carbons (Fsp3) is 0.333. The second kappa shape index (κ2) is 9.96. The Morgan fingerprint density at radius 2 is 1.72 bits per heavy atom. The largest absolute Gasteiger partial charge is 0.341 e.